The third-order valence-electron chi connectivity index (χ3n) is 9.64. The monoisotopic (exact) mass is 451 g/mol. The topological polar surface area (TPSA) is 53.1 Å². The minimum atomic E-state index is -0.660. The molecule has 2 saturated heterocycles. The van der Waals surface area contributed by atoms with Crippen molar-refractivity contribution in [1.29, 1.82) is 0 Å². The molecule has 0 radical (unpaired) electrons. The molecule has 6 nitrogen and oxygen atoms in total. The third-order valence-corrected chi connectivity index (χ3v) is 9.64. The fourth-order valence-electron chi connectivity index (χ4n) is 8.48. The number of carbonyl (C=O) groups is 2. The van der Waals surface area contributed by atoms with E-state index >= 15 is 0 Å². The quantitative estimate of drug-likeness (QED) is 0.632. The number of benzene rings is 1. The van der Waals surface area contributed by atoms with Gasteiger partial charge in [0.2, 0.25) is 0 Å². The Labute approximate surface area is 197 Å². The van der Waals surface area contributed by atoms with Crippen molar-refractivity contribution in [2.75, 3.05) is 26.7 Å². The number of likely N-dealkylation sites (N-methyl/N-ethyl adjacent to an activating group) is 1. The molecule has 3 amide bonds. The summed E-state index contributed by atoms with van der Waals surface area (Å²) in [7, 11) is 1.64. The summed E-state index contributed by atoms with van der Waals surface area (Å²) in [6.45, 7) is 4.78. The maximum Gasteiger partial charge on any atom is 0.327 e. The van der Waals surface area contributed by atoms with E-state index in [9.17, 15) is 9.59 Å². The Morgan fingerprint density at radius 1 is 1.00 bits per heavy atom. The first-order valence-corrected chi connectivity index (χ1v) is 13.0. The Morgan fingerprint density at radius 3 is 2.27 bits per heavy atom. The van der Waals surface area contributed by atoms with E-state index < -0.39 is 5.54 Å². The standard InChI is InChI=1S/C27H37N3O3/c1-3-30-26(32)29(17-18-5-4-6-23(16-18)33-2)25(31)27(30)7-9-28(10-8-27)24-21-12-19-11-20(14-21)15-22(24)13-19/h4-6,16,19-22,24H,3,7-15,17H2,1-2H3. The number of methoxy groups -OCH3 is 1. The highest BCUT2D eigenvalue weighted by molar-refractivity contribution is 6.07. The molecule has 2 heterocycles. The molecule has 6 fully saturated rings. The van der Waals surface area contributed by atoms with E-state index in [0.717, 1.165) is 60.9 Å². The summed E-state index contributed by atoms with van der Waals surface area (Å²) in [5.74, 6) is 4.44. The van der Waals surface area contributed by atoms with Crippen molar-refractivity contribution in [2.45, 2.75) is 70.0 Å². The molecular formula is C27H37N3O3. The molecule has 7 rings (SSSR count). The lowest BCUT2D eigenvalue weighted by Crippen LogP contribution is -2.62. The summed E-state index contributed by atoms with van der Waals surface area (Å²) in [6, 6.07) is 8.25. The zero-order valence-corrected chi connectivity index (χ0v) is 20.0. The van der Waals surface area contributed by atoms with Gasteiger partial charge in [-0.3, -0.25) is 14.6 Å². The van der Waals surface area contributed by atoms with E-state index in [4.69, 9.17) is 4.74 Å². The van der Waals surface area contributed by atoms with Gasteiger partial charge in [0.05, 0.1) is 13.7 Å². The van der Waals surface area contributed by atoms with Crippen molar-refractivity contribution in [1.82, 2.24) is 14.7 Å². The van der Waals surface area contributed by atoms with Crippen LogP contribution < -0.4 is 4.74 Å². The van der Waals surface area contributed by atoms with Crippen LogP contribution in [0.2, 0.25) is 0 Å². The predicted octanol–water partition coefficient (Wildman–Crippen LogP) is 4.14. The van der Waals surface area contributed by atoms with E-state index in [1.54, 1.807) is 7.11 Å². The number of hydrogen-bond acceptors (Lipinski definition) is 4. The summed E-state index contributed by atoms with van der Waals surface area (Å²) in [5.41, 5.74) is 0.266. The van der Waals surface area contributed by atoms with Gasteiger partial charge in [-0.1, -0.05) is 12.1 Å². The molecule has 0 atom stereocenters. The third kappa shape index (κ3) is 3.31. The number of likely N-dealkylation sites (tertiary alicyclic amines) is 1. The first-order chi connectivity index (χ1) is 16.0. The summed E-state index contributed by atoms with van der Waals surface area (Å²) in [6.07, 6.45) is 8.70. The van der Waals surface area contributed by atoms with Gasteiger partial charge in [0.1, 0.15) is 11.3 Å². The van der Waals surface area contributed by atoms with E-state index in [2.05, 4.69) is 4.90 Å². The average Bonchev–Trinajstić information content (AvgIpc) is 3.00. The maximum absolute atomic E-state index is 13.8. The Hall–Kier alpha value is -2.08. The van der Waals surface area contributed by atoms with Crippen molar-refractivity contribution in [3.8, 4) is 5.75 Å². The average molecular weight is 452 g/mol. The summed E-state index contributed by atoms with van der Waals surface area (Å²) in [4.78, 5) is 33.2. The van der Waals surface area contributed by atoms with Crippen LogP contribution in [-0.4, -0.2) is 65.0 Å². The lowest BCUT2D eigenvalue weighted by molar-refractivity contribution is -0.138. The largest absolute Gasteiger partial charge is 0.497 e. The number of nitrogens with zero attached hydrogens (tertiary/aromatic N) is 3. The maximum atomic E-state index is 13.8. The van der Waals surface area contributed by atoms with Gasteiger partial charge in [0, 0.05) is 25.7 Å². The number of amides is 3. The van der Waals surface area contributed by atoms with E-state index in [1.165, 1.54) is 37.0 Å². The molecule has 6 aliphatic rings. The number of urea groups is 1. The number of imide groups is 1. The molecule has 2 aliphatic heterocycles. The highest BCUT2D eigenvalue weighted by Gasteiger charge is 2.59. The number of ether oxygens (including phenoxy) is 1. The van der Waals surface area contributed by atoms with Gasteiger partial charge in [0.15, 0.2) is 0 Å². The van der Waals surface area contributed by atoms with Crippen molar-refractivity contribution >= 4 is 11.9 Å². The molecule has 4 aliphatic carbocycles. The molecule has 4 bridgehead atoms. The number of piperidine rings is 1. The number of hydrogen-bond donors (Lipinski definition) is 0. The fourth-order valence-corrected chi connectivity index (χ4v) is 8.48. The Morgan fingerprint density at radius 2 is 1.67 bits per heavy atom. The van der Waals surface area contributed by atoms with Crippen LogP contribution in [0, 0.1) is 23.7 Å². The normalized spacial score (nSPS) is 35.2. The molecule has 33 heavy (non-hydrogen) atoms. The molecular weight excluding hydrogens is 414 g/mol. The van der Waals surface area contributed by atoms with Crippen LogP contribution in [0.25, 0.3) is 0 Å². The SMILES string of the molecule is CCN1C(=O)N(Cc2cccc(OC)c2)C(=O)C12CCN(C1C3CC4CC(C3)CC1C4)CC2. The van der Waals surface area contributed by atoms with Crippen molar-refractivity contribution in [3.05, 3.63) is 29.8 Å². The minimum Gasteiger partial charge on any atom is -0.497 e. The lowest BCUT2D eigenvalue weighted by Gasteiger charge is -2.58. The van der Waals surface area contributed by atoms with Crippen LogP contribution in [-0.2, 0) is 11.3 Å². The Kier molecular flexibility index (Phi) is 5.20. The second-order valence-corrected chi connectivity index (χ2v) is 11.3. The van der Waals surface area contributed by atoms with Crippen LogP contribution in [0.15, 0.2) is 24.3 Å². The van der Waals surface area contributed by atoms with Crippen molar-refractivity contribution < 1.29 is 14.3 Å². The molecule has 178 valence electrons. The molecule has 1 aromatic rings. The van der Waals surface area contributed by atoms with Gasteiger partial charge >= 0.3 is 6.03 Å². The van der Waals surface area contributed by atoms with Crippen LogP contribution in [0.1, 0.15) is 57.4 Å². The zero-order chi connectivity index (χ0) is 22.7. The minimum absolute atomic E-state index is 0.00176. The van der Waals surface area contributed by atoms with Gasteiger partial charge in [-0.25, -0.2) is 4.79 Å². The Bertz CT molecular complexity index is 910. The molecule has 1 aromatic carbocycles. The number of rotatable bonds is 5. The molecule has 6 heteroatoms. The lowest BCUT2D eigenvalue weighted by atomic mass is 9.53. The summed E-state index contributed by atoms with van der Waals surface area (Å²) in [5, 5.41) is 0. The van der Waals surface area contributed by atoms with Crippen molar-refractivity contribution in [2.24, 2.45) is 23.7 Å². The zero-order valence-electron chi connectivity index (χ0n) is 20.0. The Balaban J connectivity index is 1.19. The summed E-state index contributed by atoms with van der Waals surface area (Å²) < 4.78 is 5.33. The van der Waals surface area contributed by atoms with E-state index in [1.807, 2.05) is 36.1 Å². The van der Waals surface area contributed by atoms with Crippen molar-refractivity contribution in [3.63, 3.8) is 0 Å². The van der Waals surface area contributed by atoms with Crippen LogP contribution in [0.4, 0.5) is 4.79 Å². The molecule has 1 spiro atoms. The molecule has 0 aromatic heterocycles. The second kappa shape index (κ2) is 8.00. The molecule has 4 saturated carbocycles. The van der Waals surface area contributed by atoms with Crippen LogP contribution in [0.3, 0.4) is 0 Å². The highest BCUT2D eigenvalue weighted by Crippen LogP contribution is 2.55. The second-order valence-electron chi connectivity index (χ2n) is 11.3. The predicted molar refractivity (Wildman–Crippen MR) is 126 cm³/mol. The van der Waals surface area contributed by atoms with Gasteiger partial charge < -0.3 is 9.64 Å². The van der Waals surface area contributed by atoms with Crippen LogP contribution >= 0.6 is 0 Å². The van der Waals surface area contributed by atoms with Gasteiger partial charge in [-0.05, 0) is 93.2 Å². The number of carbonyl (C=O) groups excluding carboxylic acids is 2. The highest BCUT2D eigenvalue weighted by atomic mass is 16.5. The van der Waals surface area contributed by atoms with Gasteiger partial charge in [-0.2, -0.15) is 0 Å². The van der Waals surface area contributed by atoms with E-state index in [0.29, 0.717) is 19.1 Å². The first kappa shape index (κ1) is 21.5. The van der Waals surface area contributed by atoms with Crippen LogP contribution in [0.5, 0.6) is 5.75 Å². The first-order valence-electron chi connectivity index (χ1n) is 13.0. The molecule has 0 unspecified atom stereocenters. The molecule has 0 N–H and O–H groups in total. The smallest absolute Gasteiger partial charge is 0.327 e. The fraction of sp³-hybridized carbons (Fsp3) is 0.704. The van der Waals surface area contributed by atoms with Gasteiger partial charge in [0.25, 0.3) is 5.91 Å². The summed E-state index contributed by atoms with van der Waals surface area (Å²) >= 11 is 0. The van der Waals surface area contributed by atoms with Gasteiger partial charge in [-0.15, -0.1) is 0 Å². The van der Waals surface area contributed by atoms with E-state index in [-0.39, 0.29) is 11.9 Å².